The Hall–Kier alpha value is -6.99. The summed E-state index contributed by atoms with van der Waals surface area (Å²) in [6.07, 6.45) is 0. The Morgan fingerprint density at radius 1 is 0.368 bits per heavy atom. The molecule has 0 aliphatic heterocycles. The fourth-order valence-electron chi connectivity index (χ4n) is 8.84. The summed E-state index contributed by atoms with van der Waals surface area (Å²) in [5.74, 6) is 1.85. The van der Waals surface area contributed by atoms with E-state index in [2.05, 4.69) is 174 Å². The summed E-state index contributed by atoms with van der Waals surface area (Å²) >= 11 is 1.88. The third-order valence-corrected chi connectivity index (χ3v) is 17.2. The van der Waals surface area contributed by atoms with E-state index in [1.54, 1.807) is 0 Å². The van der Waals surface area contributed by atoms with Gasteiger partial charge in [-0.05, 0) is 45.0 Å². The van der Waals surface area contributed by atoms with E-state index in [1.807, 2.05) is 47.7 Å². The Kier molecular flexibility index (Phi) is 7.98. The van der Waals surface area contributed by atoms with Gasteiger partial charge in [-0.2, -0.15) is 9.97 Å². The highest BCUT2D eigenvalue weighted by atomic mass is 32.1. The van der Waals surface area contributed by atoms with Gasteiger partial charge in [0.25, 0.3) is 0 Å². The van der Waals surface area contributed by atoms with Gasteiger partial charge in [0.1, 0.15) is 0 Å². The van der Waals surface area contributed by atoms with Crippen LogP contribution in [0.4, 0.5) is 0 Å². The molecule has 3 aromatic heterocycles. The lowest BCUT2D eigenvalue weighted by atomic mass is 10.1. The number of nitrogens with zero attached hydrogens (tertiary/aromatic N) is 4. The second kappa shape index (κ2) is 13.6. The molecule has 0 saturated heterocycles. The van der Waals surface area contributed by atoms with Crippen LogP contribution in [0.5, 0.6) is 0 Å². The number of hydrogen-bond acceptors (Lipinski definition) is 4. The van der Waals surface area contributed by atoms with Gasteiger partial charge >= 0.3 is 0 Å². The Labute approximate surface area is 335 Å². The van der Waals surface area contributed by atoms with Gasteiger partial charge in [0.15, 0.2) is 19.7 Å². The smallest absolute Gasteiger partial charge is 0.238 e. The standard InChI is InChI=1S/C51H34N4SSi/c1-5-19-35(20-6-1)49-52-50(36-21-7-2-8-22-36)54-51(53-49)55-41-29-15-13-27-39(41)47-42(55)30-17-33-45(47)57(37-23-9-3-10-24-37,38-25-11-4-12-26-38)46-34-18-32-44-48(46)40-28-14-16-31-43(40)56-44/h1-34H. The number of hydrogen-bond donors (Lipinski definition) is 0. The maximum atomic E-state index is 5.26. The molecular formula is C51H34N4SSi. The minimum Gasteiger partial charge on any atom is -0.278 e. The molecule has 6 heteroatoms. The summed E-state index contributed by atoms with van der Waals surface area (Å²) in [6, 6.07) is 74.4. The van der Waals surface area contributed by atoms with Crippen molar-refractivity contribution in [1.82, 2.24) is 19.5 Å². The molecule has 0 saturated carbocycles. The van der Waals surface area contributed by atoms with E-state index in [-0.39, 0.29) is 0 Å². The van der Waals surface area contributed by atoms with Gasteiger partial charge in [0.2, 0.25) is 5.95 Å². The first-order valence-electron chi connectivity index (χ1n) is 19.2. The summed E-state index contributed by atoms with van der Waals surface area (Å²) in [5, 5.41) is 10.4. The molecule has 0 radical (unpaired) electrons. The van der Waals surface area contributed by atoms with Gasteiger partial charge in [-0.15, -0.1) is 11.3 Å². The van der Waals surface area contributed by atoms with Gasteiger partial charge in [-0.1, -0.05) is 182 Å². The van der Waals surface area contributed by atoms with Gasteiger partial charge in [-0.3, -0.25) is 4.57 Å². The number of benzene rings is 8. The van der Waals surface area contributed by atoms with E-state index in [1.165, 1.54) is 46.3 Å². The van der Waals surface area contributed by atoms with Crippen LogP contribution in [0.1, 0.15) is 0 Å². The van der Waals surface area contributed by atoms with Crippen molar-refractivity contribution < 1.29 is 0 Å². The number of thiophene rings is 1. The highest BCUT2D eigenvalue weighted by Gasteiger charge is 2.44. The van der Waals surface area contributed by atoms with Gasteiger partial charge in [-0.25, -0.2) is 4.98 Å². The lowest BCUT2D eigenvalue weighted by molar-refractivity contribution is 0.953. The van der Waals surface area contributed by atoms with Gasteiger partial charge in [0.05, 0.1) is 11.0 Å². The molecule has 0 spiro atoms. The van der Waals surface area contributed by atoms with Crippen molar-refractivity contribution >= 4 is 82.1 Å². The lowest BCUT2D eigenvalue weighted by Gasteiger charge is -2.35. The first-order valence-corrected chi connectivity index (χ1v) is 22.0. The molecule has 0 fully saturated rings. The van der Waals surface area contributed by atoms with Crippen molar-refractivity contribution in [3.8, 4) is 28.7 Å². The largest absolute Gasteiger partial charge is 0.278 e. The topological polar surface area (TPSA) is 43.6 Å². The summed E-state index contributed by atoms with van der Waals surface area (Å²) in [4.78, 5) is 15.6. The first kappa shape index (κ1) is 33.4. The van der Waals surface area contributed by atoms with Crippen LogP contribution in [0.2, 0.25) is 0 Å². The SMILES string of the molecule is c1ccc(-c2nc(-c3ccccc3)nc(-n3c4ccccc4c4c([Si](c5ccccc5)(c5ccccc5)c5cccc6sc7ccccc7c56)cccc43)n2)cc1. The maximum absolute atomic E-state index is 5.26. The zero-order valence-corrected chi connectivity index (χ0v) is 32.6. The Bertz CT molecular complexity index is 3140. The van der Waals surface area contributed by atoms with E-state index in [4.69, 9.17) is 15.0 Å². The predicted octanol–water partition coefficient (Wildman–Crippen LogP) is 10.0. The average Bonchev–Trinajstić information content (AvgIpc) is 3.85. The minimum absolute atomic E-state index is 0.587. The van der Waals surface area contributed by atoms with Crippen molar-refractivity contribution in [3.05, 3.63) is 206 Å². The van der Waals surface area contributed by atoms with Crippen molar-refractivity contribution in [2.75, 3.05) is 0 Å². The Morgan fingerprint density at radius 2 is 0.842 bits per heavy atom. The van der Waals surface area contributed by atoms with E-state index in [0.29, 0.717) is 17.6 Å². The van der Waals surface area contributed by atoms with Crippen LogP contribution in [0.3, 0.4) is 0 Å². The van der Waals surface area contributed by atoms with Crippen LogP contribution in [-0.2, 0) is 0 Å². The molecular weight excluding hydrogens is 729 g/mol. The molecule has 3 heterocycles. The van der Waals surface area contributed by atoms with E-state index in [9.17, 15) is 0 Å². The molecule has 0 N–H and O–H groups in total. The molecule has 0 atom stereocenters. The summed E-state index contributed by atoms with van der Waals surface area (Å²) in [5.41, 5.74) is 3.99. The zero-order valence-electron chi connectivity index (χ0n) is 30.8. The van der Waals surface area contributed by atoms with E-state index < -0.39 is 8.07 Å². The van der Waals surface area contributed by atoms with Gasteiger partial charge in [0, 0.05) is 42.1 Å². The van der Waals surface area contributed by atoms with E-state index >= 15 is 0 Å². The quantitative estimate of drug-likeness (QED) is 0.120. The third kappa shape index (κ3) is 5.30. The van der Waals surface area contributed by atoms with Crippen LogP contribution in [0, 0.1) is 0 Å². The molecule has 0 bridgehead atoms. The molecule has 57 heavy (non-hydrogen) atoms. The molecule has 268 valence electrons. The monoisotopic (exact) mass is 762 g/mol. The average molecular weight is 763 g/mol. The molecule has 0 unspecified atom stereocenters. The number of aromatic nitrogens is 4. The number of rotatable bonds is 7. The second-order valence-corrected chi connectivity index (χ2v) is 19.1. The third-order valence-electron chi connectivity index (χ3n) is 11.2. The summed E-state index contributed by atoms with van der Waals surface area (Å²) < 4.78 is 4.86. The van der Waals surface area contributed by atoms with Crippen LogP contribution >= 0.6 is 11.3 Å². The maximum Gasteiger partial charge on any atom is 0.238 e. The highest BCUT2D eigenvalue weighted by molar-refractivity contribution is 7.27. The molecule has 0 aliphatic rings. The van der Waals surface area contributed by atoms with Crippen molar-refractivity contribution in [2.45, 2.75) is 0 Å². The summed E-state index contributed by atoms with van der Waals surface area (Å²) in [7, 11) is -3.10. The fourth-order valence-corrected chi connectivity index (χ4v) is 15.3. The number of para-hydroxylation sites is 1. The van der Waals surface area contributed by atoms with E-state index in [0.717, 1.165) is 27.5 Å². The molecule has 11 rings (SSSR count). The molecule has 0 amide bonds. The molecule has 0 aliphatic carbocycles. The Morgan fingerprint density at radius 3 is 1.47 bits per heavy atom. The Balaban J connectivity index is 1.30. The van der Waals surface area contributed by atoms with Crippen molar-refractivity contribution in [3.63, 3.8) is 0 Å². The molecule has 11 aromatic rings. The second-order valence-electron chi connectivity index (χ2n) is 14.3. The van der Waals surface area contributed by atoms with Crippen LogP contribution in [-0.4, -0.2) is 27.6 Å². The predicted molar refractivity (Wildman–Crippen MR) is 242 cm³/mol. The lowest BCUT2D eigenvalue weighted by Crippen LogP contribution is -2.75. The van der Waals surface area contributed by atoms with Gasteiger partial charge < -0.3 is 0 Å². The van der Waals surface area contributed by atoms with Crippen molar-refractivity contribution in [2.24, 2.45) is 0 Å². The number of fused-ring (bicyclic) bond motifs is 6. The zero-order chi connectivity index (χ0) is 37.8. The van der Waals surface area contributed by atoms with Crippen molar-refractivity contribution in [1.29, 1.82) is 0 Å². The van der Waals surface area contributed by atoms with Crippen LogP contribution in [0.15, 0.2) is 206 Å². The molecule has 8 aromatic carbocycles. The highest BCUT2D eigenvalue weighted by Crippen LogP contribution is 2.36. The minimum atomic E-state index is -3.10. The fraction of sp³-hybridized carbons (Fsp3) is 0. The molecule has 4 nitrogen and oxygen atoms in total. The summed E-state index contributed by atoms with van der Waals surface area (Å²) in [6.45, 7) is 0. The first-order chi connectivity index (χ1) is 28.3. The normalized spacial score (nSPS) is 11.9. The van der Waals surface area contributed by atoms with Crippen LogP contribution in [0.25, 0.3) is 70.7 Å². The van der Waals surface area contributed by atoms with Crippen LogP contribution < -0.4 is 20.7 Å².